The average molecular weight is 264 g/mol. The number of hydrogen-bond acceptors (Lipinski definition) is 3. The number of imidazole rings is 1. The molecule has 0 saturated heterocycles. The molecule has 0 fully saturated rings. The van der Waals surface area contributed by atoms with E-state index < -0.39 is 11.9 Å². The summed E-state index contributed by atoms with van der Waals surface area (Å²) in [6, 6.07) is 4.50. The van der Waals surface area contributed by atoms with E-state index in [-0.39, 0.29) is 5.75 Å². The van der Waals surface area contributed by atoms with Crippen LogP contribution in [0.15, 0.2) is 30.6 Å². The second kappa shape index (κ2) is 5.84. The van der Waals surface area contributed by atoms with E-state index in [4.69, 9.17) is 4.74 Å². The number of aliphatic hydroxyl groups is 1. The fourth-order valence-corrected chi connectivity index (χ4v) is 1.96. The predicted molar refractivity (Wildman–Crippen MR) is 69.4 cm³/mol. The molecule has 1 heterocycles. The van der Waals surface area contributed by atoms with Crippen LogP contribution in [0.25, 0.3) is 0 Å². The van der Waals surface area contributed by atoms with Gasteiger partial charge in [0.1, 0.15) is 5.82 Å². The van der Waals surface area contributed by atoms with Gasteiger partial charge in [0.05, 0.1) is 13.2 Å². The Hall–Kier alpha value is -1.88. The van der Waals surface area contributed by atoms with Crippen molar-refractivity contribution < 1.29 is 14.2 Å². The highest BCUT2D eigenvalue weighted by Gasteiger charge is 2.12. The van der Waals surface area contributed by atoms with Gasteiger partial charge in [-0.3, -0.25) is 0 Å². The SMILES string of the molecule is COc1ccc(C(O)CCc2nccn2C)cc1F. The molecule has 0 spiro atoms. The third-order valence-corrected chi connectivity index (χ3v) is 3.12. The Bertz CT molecular complexity index is 554. The van der Waals surface area contributed by atoms with Crippen molar-refractivity contribution in [1.82, 2.24) is 9.55 Å². The number of methoxy groups -OCH3 is 1. The average Bonchev–Trinajstić information content (AvgIpc) is 2.81. The summed E-state index contributed by atoms with van der Waals surface area (Å²) in [6.45, 7) is 0. The molecule has 1 aromatic carbocycles. The lowest BCUT2D eigenvalue weighted by atomic mass is 10.0. The van der Waals surface area contributed by atoms with Gasteiger partial charge in [0.15, 0.2) is 11.6 Å². The number of nitrogens with zero attached hydrogens (tertiary/aromatic N) is 2. The third-order valence-electron chi connectivity index (χ3n) is 3.12. The molecule has 1 aromatic heterocycles. The van der Waals surface area contributed by atoms with Gasteiger partial charge in [-0.2, -0.15) is 0 Å². The summed E-state index contributed by atoms with van der Waals surface area (Å²) in [6.07, 6.45) is 4.00. The molecule has 19 heavy (non-hydrogen) atoms. The number of rotatable bonds is 5. The molecular weight excluding hydrogens is 247 g/mol. The van der Waals surface area contributed by atoms with E-state index in [1.54, 1.807) is 12.3 Å². The quantitative estimate of drug-likeness (QED) is 0.901. The van der Waals surface area contributed by atoms with Gasteiger partial charge in [0.25, 0.3) is 0 Å². The summed E-state index contributed by atoms with van der Waals surface area (Å²) >= 11 is 0. The molecule has 2 rings (SSSR count). The predicted octanol–water partition coefficient (Wildman–Crippen LogP) is 2.23. The van der Waals surface area contributed by atoms with Crippen molar-refractivity contribution in [3.63, 3.8) is 0 Å². The van der Waals surface area contributed by atoms with Gasteiger partial charge in [0.2, 0.25) is 0 Å². The van der Waals surface area contributed by atoms with E-state index in [1.165, 1.54) is 19.2 Å². The van der Waals surface area contributed by atoms with Crippen molar-refractivity contribution in [2.75, 3.05) is 7.11 Å². The van der Waals surface area contributed by atoms with Crippen LogP contribution < -0.4 is 4.74 Å². The maximum atomic E-state index is 13.5. The van der Waals surface area contributed by atoms with E-state index in [0.29, 0.717) is 18.4 Å². The van der Waals surface area contributed by atoms with E-state index in [0.717, 1.165) is 5.82 Å². The normalized spacial score (nSPS) is 12.4. The molecule has 1 N–H and O–H groups in total. The molecule has 0 aliphatic carbocycles. The Labute approximate surface area is 111 Å². The minimum absolute atomic E-state index is 0.181. The topological polar surface area (TPSA) is 47.3 Å². The van der Waals surface area contributed by atoms with Crippen molar-refractivity contribution in [2.24, 2.45) is 7.05 Å². The number of aliphatic hydroxyl groups excluding tert-OH is 1. The van der Waals surface area contributed by atoms with Crippen molar-refractivity contribution in [3.05, 3.63) is 47.8 Å². The second-order valence-electron chi connectivity index (χ2n) is 4.40. The van der Waals surface area contributed by atoms with Crippen molar-refractivity contribution in [3.8, 4) is 5.75 Å². The van der Waals surface area contributed by atoms with Gasteiger partial charge in [-0.1, -0.05) is 6.07 Å². The zero-order valence-corrected chi connectivity index (χ0v) is 11.0. The van der Waals surface area contributed by atoms with Crippen LogP contribution >= 0.6 is 0 Å². The lowest BCUT2D eigenvalue weighted by Crippen LogP contribution is -2.04. The number of aromatic nitrogens is 2. The first kappa shape index (κ1) is 13.5. The Balaban J connectivity index is 2.02. The van der Waals surface area contributed by atoms with Crippen molar-refractivity contribution in [1.29, 1.82) is 0 Å². The summed E-state index contributed by atoms with van der Waals surface area (Å²) in [5.74, 6) is 0.615. The minimum atomic E-state index is -0.711. The molecular formula is C14H17FN2O2. The van der Waals surface area contributed by atoms with Crippen molar-refractivity contribution in [2.45, 2.75) is 18.9 Å². The molecule has 0 aliphatic heterocycles. The van der Waals surface area contributed by atoms with Gasteiger partial charge < -0.3 is 14.4 Å². The minimum Gasteiger partial charge on any atom is -0.494 e. The van der Waals surface area contributed by atoms with E-state index in [2.05, 4.69) is 4.98 Å². The number of ether oxygens (including phenoxy) is 1. The number of aryl methyl sites for hydroxylation is 2. The highest BCUT2D eigenvalue weighted by Crippen LogP contribution is 2.24. The van der Waals surface area contributed by atoms with Crippen LogP contribution in [0.3, 0.4) is 0 Å². The van der Waals surface area contributed by atoms with Gasteiger partial charge in [-0.05, 0) is 24.1 Å². The maximum absolute atomic E-state index is 13.5. The lowest BCUT2D eigenvalue weighted by molar-refractivity contribution is 0.166. The molecule has 1 atom stereocenters. The van der Waals surface area contributed by atoms with E-state index in [9.17, 15) is 9.50 Å². The van der Waals surface area contributed by atoms with Crippen LogP contribution in [0.4, 0.5) is 4.39 Å². The van der Waals surface area contributed by atoms with Gasteiger partial charge in [0, 0.05) is 25.9 Å². The van der Waals surface area contributed by atoms with Crippen LogP contribution in [0.1, 0.15) is 23.9 Å². The fraction of sp³-hybridized carbons (Fsp3) is 0.357. The summed E-state index contributed by atoms with van der Waals surface area (Å²) in [5.41, 5.74) is 0.549. The number of benzene rings is 1. The second-order valence-corrected chi connectivity index (χ2v) is 4.40. The molecule has 4 nitrogen and oxygen atoms in total. The summed E-state index contributed by atoms with van der Waals surface area (Å²) in [4.78, 5) is 4.18. The highest BCUT2D eigenvalue weighted by atomic mass is 19.1. The summed E-state index contributed by atoms with van der Waals surface area (Å²) in [5, 5.41) is 10.1. The molecule has 102 valence electrons. The molecule has 2 aromatic rings. The zero-order chi connectivity index (χ0) is 13.8. The van der Waals surface area contributed by atoms with Crippen molar-refractivity contribution >= 4 is 0 Å². The number of hydrogen-bond donors (Lipinski definition) is 1. The Morgan fingerprint density at radius 3 is 2.84 bits per heavy atom. The van der Waals surface area contributed by atoms with Gasteiger partial charge >= 0.3 is 0 Å². The van der Waals surface area contributed by atoms with Crippen LogP contribution in [-0.4, -0.2) is 21.8 Å². The first-order chi connectivity index (χ1) is 9.11. The lowest BCUT2D eigenvalue weighted by Gasteiger charge is -2.12. The highest BCUT2D eigenvalue weighted by molar-refractivity contribution is 5.30. The van der Waals surface area contributed by atoms with Gasteiger partial charge in [-0.25, -0.2) is 9.37 Å². The van der Waals surface area contributed by atoms with E-state index >= 15 is 0 Å². The Morgan fingerprint density at radius 1 is 1.47 bits per heavy atom. The fourth-order valence-electron chi connectivity index (χ4n) is 1.96. The standard InChI is InChI=1S/C14H17FN2O2/c1-17-8-7-16-14(17)6-4-12(18)10-3-5-13(19-2)11(15)9-10/h3,5,7-9,12,18H,4,6H2,1-2H3. The third kappa shape index (κ3) is 3.12. The van der Waals surface area contributed by atoms with Crippen LogP contribution in [0.5, 0.6) is 5.75 Å². The zero-order valence-electron chi connectivity index (χ0n) is 11.0. The van der Waals surface area contributed by atoms with Crippen LogP contribution in [-0.2, 0) is 13.5 Å². The summed E-state index contributed by atoms with van der Waals surface area (Å²) in [7, 11) is 3.32. The molecule has 0 saturated carbocycles. The molecule has 1 unspecified atom stereocenters. The molecule has 0 amide bonds. The first-order valence-electron chi connectivity index (χ1n) is 6.09. The number of halogens is 1. The van der Waals surface area contributed by atoms with Crippen LogP contribution in [0, 0.1) is 5.82 Å². The molecule has 0 radical (unpaired) electrons. The van der Waals surface area contributed by atoms with Crippen LogP contribution in [0.2, 0.25) is 0 Å². The molecule has 5 heteroatoms. The molecule has 0 aliphatic rings. The Kier molecular flexibility index (Phi) is 4.16. The first-order valence-corrected chi connectivity index (χ1v) is 6.09. The Morgan fingerprint density at radius 2 is 2.26 bits per heavy atom. The smallest absolute Gasteiger partial charge is 0.165 e. The summed E-state index contributed by atoms with van der Waals surface area (Å²) < 4.78 is 20.3. The molecule has 0 bridgehead atoms. The maximum Gasteiger partial charge on any atom is 0.165 e. The largest absolute Gasteiger partial charge is 0.494 e. The monoisotopic (exact) mass is 264 g/mol. The van der Waals surface area contributed by atoms with E-state index in [1.807, 2.05) is 17.8 Å². The van der Waals surface area contributed by atoms with Gasteiger partial charge in [-0.15, -0.1) is 0 Å².